The van der Waals surface area contributed by atoms with Crippen LogP contribution in [0.1, 0.15) is 20.3 Å². The fourth-order valence-corrected chi connectivity index (χ4v) is 2.56. The van der Waals surface area contributed by atoms with Crippen LogP contribution in [0, 0.1) is 0 Å². The van der Waals surface area contributed by atoms with Gasteiger partial charge in [-0.05, 0) is 24.8 Å². The van der Waals surface area contributed by atoms with E-state index >= 15 is 0 Å². The van der Waals surface area contributed by atoms with Crippen molar-refractivity contribution in [3.8, 4) is 0 Å². The summed E-state index contributed by atoms with van der Waals surface area (Å²) < 4.78 is 1.14. The summed E-state index contributed by atoms with van der Waals surface area (Å²) in [5.74, 6) is 0.368. The average molecular weight is 259 g/mol. The third-order valence-electron chi connectivity index (χ3n) is 2.27. The molecule has 0 spiro atoms. The molecule has 16 heavy (non-hydrogen) atoms. The zero-order valence-electron chi connectivity index (χ0n) is 9.53. The molecule has 0 saturated carbocycles. The van der Waals surface area contributed by atoms with Crippen molar-refractivity contribution < 1.29 is 9.90 Å². The second-order valence-electron chi connectivity index (χ2n) is 3.85. The molecule has 1 aromatic rings. The minimum absolute atomic E-state index is 0.0351. The maximum absolute atomic E-state index is 11.5. The van der Waals surface area contributed by atoms with Crippen molar-refractivity contribution in [1.29, 1.82) is 0 Å². The Morgan fingerprint density at radius 3 is 3.00 bits per heavy atom. The van der Waals surface area contributed by atoms with Crippen molar-refractivity contribution >= 4 is 29.0 Å². The molecular formula is C11H17NO2S2. The number of nitrogens with one attached hydrogen (secondary N) is 1. The highest BCUT2D eigenvalue weighted by molar-refractivity contribution is 8.01. The largest absolute Gasteiger partial charge is 0.388 e. The number of aliphatic hydroxyl groups is 1. The van der Waals surface area contributed by atoms with Crippen molar-refractivity contribution in [2.24, 2.45) is 0 Å². The first kappa shape index (κ1) is 13.5. The molecule has 1 unspecified atom stereocenters. The van der Waals surface area contributed by atoms with Gasteiger partial charge >= 0.3 is 0 Å². The highest BCUT2D eigenvalue weighted by Crippen LogP contribution is 2.22. The standard InChI is InChI=1S/C11H17NO2S2/c1-3-11(2,14)8-12-9(13)7-16-10-5-4-6-15-10/h4-6,14H,3,7-8H2,1-2H3,(H,12,13). The lowest BCUT2D eigenvalue weighted by molar-refractivity contribution is -0.119. The van der Waals surface area contributed by atoms with Gasteiger partial charge in [-0.25, -0.2) is 0 Å². The SMILES string of the molecule is CCC(C)(O)CNC(=O)CSc1cccs1. The molecular weight excluding hydrogens is 242 g/mol. The average Bonchev–Trinajstić information content (AvgIpc) is 2.76. The summed E-state index contributed by atoms with van der Waals surface area (Å²) in [5.41, 5.74) is -0.802. The first-order chi connectivity index (χ1) is 7.53. The van der Waals surface area contributed by atoms with Crippen LogP contribution >= 0.6 is 23.1 Å². The Balaban J connectivity index is 2.21. The van der Waals surface area contributed by atoms with Gasteiger partial charge in [0.05, 0.1) is 15.6 Å². The summed E-state index contributed by atoms with van der Waals surface area (Å²) in [6, 6.07) is 3.96. The molecule has 3 nitrogen and oxygen atoms in total. The maximum Gasteiger partial charge on any atom is 0.230 e. The van der Waals surface area contributed by atoms with E-state index < -0.39 is 5.60 Å². The van der Waals surface area contributed by atoms with Crippen molar-refractivity contribution in [1.82, 2.24) is 5.32 Å². The highest BCUT2D eigenvalue weighted by Gasteiger charge is 2.18. The van der Waals surface area contributed by atoms with E-state index in [9.17, 15) is 9.90 Å². The number of hydrogen-bond acceptors (Lipinski definition) is 4. The highest BCUT2D eigenvalue weighted by atomic mass is 32.2. The monoisotopic (exact) mass is 259 g/mol. The van der Waals surface area contributed by atoms with E-state index in [-0.39, 0.29) is 5.91 Å². The molecule has 0 fully saturated rings. The normalized spacial score (nSPS) is 14.4. The molecule has 90 valence electrons. The van der Waals surface area contributed by atoms with Gasteiger partial charge in [0.15, 0.2) is 0 Å². The lowest BCUT2D eigenvalue weighted by Crippen LogP contribution is -2.40. The number of amides is 1. The number of hydrogen-bond donors (Lipinski definition) is 2. The van der Waals surface area contributed by atoms with Gasteiger partial charge in [-0.3, -0.25) is 4.79 Å². The smallest absolute Gasteiger partial charge is 0.230 e. The summed E-state index contributed by atoms with van der Waals surface area (Å²) in [5, 5.41) is 14.4. The molecule has 0 aliphatic heterocycles. The van der Waals surface area contributed by atoms with Crippen molar-refractivity contribution in [3.63, 3.8) is 0 Å². The maximum atomic E-state index is 11.5. The molecule has 1 atom stereocenters. The van der Waals surface area contributed by atoms with E-state index in [4.69, 9.17) is 0 Å². The molecule has 0 radical (unpaired) electrons. The molecule has 0 aliphatic rings. The van der Waals surface area contributed by atoms with Crippen LogP contribution in [-0.2, 0) is 4.79 Å². The van der Waals surface area contributed by atoms with Crippen molar-refractivity contribution in [2.75, 3.05) is 12.3 Å². The molecule has 0 aliphatic carbocycles. The second kappa shape index (κ2) is 6.27. The Morgan fingerprint density at radius 1 is 1.69 bits per heavy atom. The quantitative estimate of drug-likeness (QED) is 0.769. The minimum atomic E-state index is -0.802. The van der Waals surface area contributed by atoms with E-state index in [0.717, 1.165) is 4.21 Å². The zero-order chi connectivity index (χ0) is 12.0. The van der Waals surface area contributed by atoms with Crippen LogP contribution in [0.4, 0.5) is 0 Å². The zero-order valence-corrected chi connectivity index (χ0v) is 11.2. The van der Waals surface area contributed by atoms with Crippen LogP contribution in [0.2, 0.25) is 0 Å². The van der Waals surface area contributed by atoms with Gasteiger partial charge in [-0.1, -0.05) is 13.0 Å². The Bertz CT molecular complexity index is 323. The van der Waals surface area contributed by atoms with E-state index in [2.05, 4.69) is 5.32 Å². The molecule has 0 saturated heterocycles. The second-order valence-corrected chi connectivity index (χ2v) is 6.07. The minimum Gasteiger partial charge on any atom is -0.388 e. The summed E-state index contributed by atoms with van der Waals surface area (Å²) in [7, 11) is 0. The van der Waals surface area contributed by atoms with Gasteiger partial charge in [0.1, 0.15) is 0 Å². The van der Waals surface area contributed by atoms with Crippen LogP contribution in [-0.4, -0.2) is 28.9 Å². The summed E-state index contributed by atoms with van der Waals surface area (Å²) >= 11 is 3.14. The van der Waals surface area contributed by atoms with Crippen LogP contribution in [0.25, 0.3) is 0 Å². The van der Waals surface area contributed by atoms with Crippen LogP contribution in [0.5, 0.6) is 0 Å². The number of rotatable bonds is 6. The Labute approximate surface area is 104 Å². The molecule has 1 amide bonds. The lowest BCUT2D eigenvalue weighted by Gasteiger charge is -2.21. The van der Waals surface area contributed by atoms with Crippen LogP contribution < -0.4 is 5.32 Å². The van der Waals surface area contributed by atoms with Gasteiger partial charge in [-0.2, -0.15) is 0 Å². The summed E-state index contributed by atoms with van der Waals surface area (Å²) in [4.78, 5) is 11.5. The van der Waals surface area contributed by atoms with E-state index in [0.29, 0.717) is 18.7 Å². The van der Waals surface area contributed by atoms with Gasteiger partial charge in [0, 0.05) is 6.54 Å². The number of carbonyl (C=O) groups is 1. The first-order valence-electron chi connectivity index (χ1n) is 5.19. The van der Waals surface area contributed by atoms with Gasteiger partial charge in [-0.15, -0.1) is 23.1 Å². The summed E-state index contributed by atoms with van der Waals surface area (Å²) in [6.45, 7) is 3.93. The molecule has 1 aromatic heterocycles. The predicted octanol–water partition coefficient (Wildman–Crippen LogP) is 2.12. The third kappa shape index (κ3) is 5.01. The first-order valence-corrected chi connectivity index (χ1v) is 7.05. The van der Waals surface area contributed by atoms with Crippen molar-refractivity contribution in [2.45, 2.75) is 30.1 Å². The Morgan fingerprint density at radius 2 is 2.44 bits per heavy atom. The fraction of sp³-hybridized carbons (Fsp3) is 0.545. The molecule has 0 bridgehead atoms. The Hall–Kier alpha value is -0.520. The van der Waals surface area contributed by atoms with Gasteiger partial charge < -0.3 is 10.4 Å². The third-order valence-corrected chi connectivity index (χ3v) is 4.40. The molecule has 0 aromatic carbocycles. The molecule has 5 heteroatoms. The van der Waals surface area contributed by atoms with E-state index in [1.54, 1.807) is 18.3 Å². The molecule has 1 heterocycles. The van der Waals surface area contributed by atoms with E-state index in [1.165, 1.54) is 11.8 Å². The van der Waals surface area contributed by atoms with E-state index in [1.807, 2.05) is 24.4 Å². The molecule has 1 rings (SSSR count). The van der Waals surface area contributed by atoms with Crippen LogP contribution in [0.3, 0.4) is 0 Å². The van der Waals surface area contributed by atoms with Crippen molar-refractivity contribution in [3.05, 3.63) is 17.5 Å². The van der Waals surface area contributed by atoms with Gasteiger partial charge in [0.25, 0.3) is 0 Å². The number of carbonyl (C=O) groups excluding carboxylic acids is 1. The Kier molecular flexibility index (Phi) is 5.31. The topological polar surface area (TPSA) is 49.3 Å². The predicted molar refractivity (Wildman–Crippen MR) is 69.0 cm³/mol. The lowest BCUT2D eigenvalue weighted by atomic mass is 10.0. The van der Waals surface area contributed by atoms with Crippen LogP contribution in [0.15, 0.2) is 21.7 Å². The molecule has 2 N–H and O–H groups in total. The van der Waals surface area contributed by atoms with Gasteiger partial charge in [0.2, 0.25) is 5.91 Å². The number of thiophene rings is 1. The number of thioether (sulfide) groups is 1. The fourth-order valence-electron chi connectivity index (χ4n) is 0.947. The summed E-state index contributed by atoms with van der Waals surface area (Å²) in [6.07, 6.45) is 0.630.